The van der Waals surface area contributed by atoms with Crippen molar-refractivity contribution in [3.8, 4) is 0 Å². The molecule has 2 heterocycles. The number of amides is 1. The normalized spacial score (nSPS) is 16.3. The number of hydrogen-bond donors (Lipinski definition) is 1. The number of ether oxygens (including phenoxy) is 1. The van der Waals surface area contributed by atoms with Crippen LogP contribution in [0.2, 0.25) is 0 Å². The summed E-state index contributed by atoms with van der Waals surface area (Å²) in [5.74, 6) is 0. The van der Waals surface area contributed by atoms with Crippen LogP contribution in [-0.2, 0) is 9.39 Å². The molecule has 158 valence electrons. The fourth-order valence-electron chi connectivity index (χ4n) is 2.46. The smallest absolute Gasteiger partial charge is 0.444 e. The summed E-state index contributed by atoms with van der Waals surface area (Å²) in [7, 11) is -1.07. The van der Waals surface area contributed by atoms with Crippen LogP contribution in [-0.4, -0.2) is 65.5 Å². The molecule has 0 unspecified atom stereocenters. The molecule has 1 aliphatic heterocycles. The molecule has 1 N–H and O–H groups in total. The predicted octanol–water partition coefficient (Wildman–Crippen LogP) is 2.73. The highest BCUT2D eigenvalue weighted by Gasteiger charge is 2.38. The summed E-state index contributed by atoms with van der Waals surface area (Å²) in [6.07, 6.45) is -0.278. The van der Waals surface area contributed by atoms with Crippen molar-refractivity contribution < 1.29 is 19.2 Å². The van der Waals surface area contributed by atoms with Crippen molar-refractivity contribution in [3.63, 3.8) is 0 Å². The Morgan fingerprint density at radius 2 is 1.68 bits per heavy atom. The minimum absolute atomic E-state index is 0.120. The molecule has 0 aliphatic carbocycles. The molecule has 1 amide bonds. The van der Waals surface area contributed by atoms with Crippen LogP contribution in [0.4, 0.5) is 9.93 Å². The van der Waals surface area contributed by atoms with E-state index < -0.39 is 18.3 Å². The highest BCUT2D eigenvalue weighted by molar-refractivity contribution is 7.14. The van der Waals surface area contributed by atoms with Crippen molar-refractivity contribution in [3.05, 3.63) is 5.38 Å². The van der Waals surface area contributed by atoms with E-state index in [1.54, 1.807) is 4.90 Å². The summed E-state index contributed by atoms with van der Waals surface area (Å²) in [5, 5.41) is 13.1. The molecule has 28 heavy (non-hydrogen) atoms. The molecule has 7 nitrogen and oxygen atoms in total. The standard InChI is InChI=1S/C19H34BN3O4S/c1-17(2,3)19(7,8)27-20(25)14-13-28-15(21-14)22-9-11-23(12-10-22)16(24)26-18(4,5)6/h13,25H,9-12H2,1-8H3. The zero-order valence-electron chi connectivity index (χ0n) is 18.4. The first-order valence-electron chi connectivity index (χ1n) is 9.74. The third-order valence-corrected chi connectivity index (χ3v) is 6.10. The Hall–Kier alpha value is -1.32. The molecule has 0 spiro atoms. The highest BCUT2D eigenvalue weighted by Crippen LogP contribution is 2.33. The Morgan fingerprint density at radius 1 is 1.11 bits per heavy atom. The Labute approximate surface area is 173 Å². The van der Waals surface area contributed by atoms with E-state index in [4.69, 9.17) is 9.39 Å². The molecule has 0 saturated carbocycles. The van der Waals surface area contributed by atoms with Crippen molar-refractivity contribution in [1.82, 2.24) is 9.88 Å². The monoisotopic (exact) mass is 411 g/mol. The van der Waals surface area contributed by atoms with Gasteiger partial charge in [0, 0.05) is 31.6 Å². The lowest BCUT2D eigenvalue weighted by Gasteiger charge is -2.39. The quantitative estimate of drug-likeness (QED) is 0.768. The van der Waals surface area contributed by atoms with Gasteiger partial charge in [-0.2, -0.15) is 0 Å². The van der Waals surface area contributed by atoms with Crippen LogP contribution >= 0.6 is 11.3 Å². The molecule has 0 atom stereocenters. The Bertz CT molecular complexity index is 673. The fraction of sp³-hybridized carbons (Fsp3) is 0.789. The van der Waals surface area contributed by atoms with Gasteiger partial charge in [0.15, 0.2) is 5.13 Å². The number of hydrogen-bond acceptors (Lipinski definition) is 7. The first kappa shape index (κ1) is 23.0. The molecule has 1 aromatic heterocycles. The largest absolute Gasteiger partial charge is 0.512 e. The molecule has 1 fully saturated rings. The second kappa shape index (κ2) is 8.20. The van der Waals surface area contributed by atoms with E-state index in [1.807, 2.05) is 40.0 Å². The van der Waals surface area contributed by atoms with Gasteiger partial charge in [0.05, 0.1) is 11.2 Å². The van der Waals surface area contributed by atoms with Gasteiger partial charge >= 0.3 is 13.2 Å². The van der Waals surface area contributed by atoms with Crippen molar-refractivity contribution in [2.45, 2.75) is 66.6 Å². The summed E-state index contributed by atoms with van der Waals surface area (Å²) >= 11 is 1.48. The van der Waals surface area contributed by atoms with Crippen LogP contribution in [0.3, 0.4) is 0 Å². The molecule has 1 aliphatic rings. The highest BCUT2D eigenvalue weighted by atomic mass is 32.1. The lowest BCUT2D eigenvalue weighted by molar-refractivity contribution is -0.0130. The SMILES string of the molecule is CC(C)(C)OC(=O)N1CCN(c2nc(B(O)OC(C)(C)C(C)(C)C)cs2)CC1. The molecular weight excluding hydrogens is 377 g/mol. The lowest BCUT2D eigenvalue weighted by atomic mass is 9.75. The van der Waals surface area contributed by atoms with Gasteiger partial charge in [-0.15, -0.1) is 11.3 Å². The van der Waals surface area contributed by atoms with Gasteiger partial charge in [-0.05, 0) is 40.0 Å². The summed E-state index contributed by atoms with van der Waals surface area (Å²) in [4.78, 5) is 20.6. The van der Waals surface area contributed by atoms with Crippen molar-refractivity contribution in [1.29, 1.82) is 0 Å². The van der Waals surface area contributed by atoms with Gasteiger partial charge in [-0.1, -0.05) is 20.8 Å². The van der Waals surface area contributed by atoms with E-state index in [9.17, 15) is 9.82 Å². The molecule has 0 radical (unpaired) electrons. The third-order valence-electron chi connectivity index (χ3n) is 5.18. The van der Waals surface area contributed by atoms with Gasteiger partial charge in [-0.25, -0.2) is 9.78 Å². The molecule has 2 rings (SSSR count). The Morgan fingerprint density at radius 3 is 2.18 bits per heavy atom. The Kier molecular flexibility index (Phi) is 6.73. The Balaban J connectivity index is 1.94. The first-order valence-corrected chi connectivity index (χ1v) is 10.6. The van der Waals surface area contributed by atoms with E-state index >= 15 is 0 Å². The van der Waals surface area contributed by atoms with Crippen molar-refractivity contribution in [2.24, 2.45) is 5.41 Å². The average molecular weight is 411 g/mol. The molecule has 1 aromatic rings. The van der Waals surface area contributed by atoms with Crippen LogP contribution in [0.15, 0.2) is 5.38 Å². The second-order valence-electron chi connectivity index (χ2n) is 9.74. The fourth-order valence-corrected chi connectivity index (χ4v) is 3.34. The summed E-state index contributed by atoms with van der Waals surface area (Å²) in [6.45, 7) is 18.3. The topological polar surface area (TPSA) is 75.1 Å². The lowest BCUT2D eigenvalue weighted by Crippen LogP contribution is -2.50. The molecule has 0 bridgehead atoms. The maximum Gasteiger partial charge on any atom is 0.512 e. The zero-order valence-corrected chi connectivity index (χ0v) is 19.2. The number of anilines is 1. The third kappa shape index (κ3) is 5.84. The summed E-state index contributed by atoms with van der Waals surface area (Å²) < 4.78 is 11.3. The number of nitrogens with zero attached hydrogens (tertiary/aromatic N) is 3. The molecule has 0 aromatic carbocycles. The molecule has 1 saturated heterocycles. The maximum atomic E-state index is 12.2. The summed E-state index contributed by atoms with van der Waals surface area (Å²) in [5.41, 5.74) is -0.595. The number of rotatable bonds is 4. The number of thiazole rings is 1. The first-order chi connectivity index (χ1) is 12.7. The summed E-state index contributed by atoms with van der Waals surface area (Å²) in [6, 6.07) is 0. The van der Waals surface area contributed by atoms with E-state index in [1.165, 1.54) is 11.3 Å². The average Bonchev–Trinajstić information content (AvgIpc) is 3.02. The van der Waals surface area contributed by atoms with Gasteiger partial charge in [-0.3, -0.25) is 0 Å². The minimum Gasteiger partial charge on any atom is -0.444 e. The van der Waals surface area contributed by atoms with Gasteiger partial charge in [0.1, 0.15) is 5.60 Å². The van der Waals surface area contributed by atoms with E-state index in [0.29, 0.717) is 31.8 Å². The number of carbonyl (C=O) groups is 1. The number of piperazine rings is 1. The number of aromatic nitrogens is 1. The van der Waals surface area contributed by atoms with Crippen molar-refractivity contribution in [2.75, 3.05) is 31.1 Å². The van der Waals surface area contributed by atoms with Gasteiger partial charge in [0.25, 0.3) is 0 Å². The maximum absolute atomic E-state index is 12.2. The zero-order chi connectivity index (χ0) is 21.3. The predicted molar refractivity (Wildman–Crippen MR) is 114 cm³/mol. The van der Waals surface area contributed by atoms with E-state index in [2.05, 4.69) is 30.7 Å². The molecular formula is C19H34BN3O4S. The van der Waals surface area contributed by atoms with Gasteiger partial charge in [0.2, 0.25) is 0 Å². The van der Waals surface area contributed by atoms with E-state index in [-0.39, 0.29) is 11.5 Å². The minimum atomic E-state index is -1.07. The van der Waals surface area contributed by atoms with Crippen LogP contribution in [0.1, 0.15) is 55.4 Å². The second-order valence-corrected chi connectivity index (χ2v) is 10.6. The van der Waals surface area contributed by atoms with Crippen LogP contribution in [0, 0.1) is 5.41 Å². The van der Waals surface area contributed by atoms with Crippen LogP contribution < -0.4 is 10.5 Å². The van der Waals surface area contributed by atoms with Crippen molar-refractivity contribution >= 4 is 35.3 Å². The van der Waals surface area contributed by atoms with Gasteiger partial charge < -0.3 is 24.2 Å². The molecule has 9 heteroatoms. The number of carbonyl (C=O) groups excluding carboxylic acids is 1. The van der Waals surface area contributed by atoms with Crippen LogP contribution in [0.25, 0.3) is 0 Å². The van der Waals surface area contributed by atoms with Crippen LogP contribution in [0.5, 0.6) is 0 Å². The van der Waals surface area contributed by atoms with E-state index in [0.717, 1.165) is 5.13 Å².